The normalized spacial score (nSPS) is 28.3. The van der Waals surface area contributed by atoms with E-state index in [4.69, 9.17) is 24.4 Å². The summed E-state index contributed by atoms with van der Waals surface area (Å²) in [5.74, 6) is -5.35. The Labute approximate surface area is 239 Å². The summed E-state index contributed by atoms with van der Waals surface area (Å²) in [5, 5.41) is 42.6. The number of nitrogens with zero attached hydrogens (tertiary/aromatic N) is 1. The first kappa shape index (κ1) is 29.3. The van der Waals surface area contributed by atoms with E-state index in [2.05, 4.69) is 4.90 Å². The summed E-state index contributed by atoms with van der Waals surface area (Å²) in [6, 6.07) is 1.46. The molecule has 2 aliphatic heterocycles. The number of esters is 2. The van der Waals surface area contributed by atoms with Crippen LogP contribution in [-0.4, -0.2) is 98.6 Å². The number of hydrogen-bond acceptors (Lipinski definition) is 11. The first-order chi connectivity index (χ1) is 19.8. The molecule has 14 heteroatoms. The first-order valence-corrected chi connectivity index (χ1v) is 13.6. The molecule has 0 saturated carbocycles. The van der Waals surface area contributed by atoms with E-state index in [1.807, 2.05) is 18.4 Å². The number of carbonyl (C=O) groups excluding carboxylic acids is 3. The number of phenols is 1. The van der Waals surface area contributed by atoms with Crippen LogP contribution in [0.5, 0.6) is 11.5 Å². The number of likely N-dealkylation sites (N-methyl/N-ethyl adjacent to an activating group) is 1. The number of carbonyl (C=O) groups is 5. The smallest absolute Gasteiger partial charge is 0.326 e. The largest absolute Gasteiger partial charge is 0.504 e. The molecule has 2 heterocycles. The van der Waals surface area contributed by atoms with Crippen LogP contribution in [0.2, 0.25) is 0 Å². The van der Waals surface area contributed by atoms with Crippen molar-refractivity contribution in [2.45, 2.75) is 80.8 Å². The van der Waals surface area contributed by atoms with E-state index in [1.165, 1.54) is 6.92 Å². The third kappa shape index (κ3) is 4.64. The highest BCUT2D eigenvalue weighted by Crippen LogP contribution is 2.65. The standard InChI is InChI=1S/C28H32N2O12/c1-13(25(36)29-15(26(37)38)12-19(32)33)40-20(34)5-6-21(35)41-17-7-8-28(39)18-11-14-3-4-16(31)23-22(14)27(28,24(17)42-23)9-10-30(18)2/h3-4,7,13,15,18,24,31,39H,5-6,8-12H2,1-2H3,(H,29,36)(H,32,33)(H,37,38)/t13?,15?,18-,24+,27+,28-/m1/s1. The lowest BCUT2D eigenvalue weighted by Gasteiger charge is -2.61. The van der Waals surface area contributed by atoms with Crippen LogP contribution in [0.3, 0.4) is 0 Å². The van der Waals surface area contributed by atoms with Crippen molar-refractivity contribution < 1.29 is 58.6 Å². The van der Waals surface area contributed by atoms with E-state index >= 15 is 0 Å². The van der Waals surface area contributed by atoms with Gasteiger partial charge in [-0.3, -0.25) is 19.2 Å². The number of rotatable bonds is 10. The number of hydrogen-bond donors (Lipinski definition) is 5. The number of phenolic OH excluding ortho intramolecular Hbond substituents is 1. The molecule has 2 aliphatic carbocycles. The minimum atomic E-state index is -1.71. The molecule has 5 N–H and O–H groups in total. The van der Waals surface area contributed by atoms with E-state index in [-0.39, 0.29) is 29.7 Å². The first-order valence-electron chi connectivity index (χ1n) is 13.6. The summed E-state index contributed by atoms with van der Waals surface area (Å²) in [5.41, 5.74) is -0.466. The molecular weight excluding hydrogens is 556 g/mol. The van der Waals surface area contributed by atoms with E-state index in [1.54, 1.807) is 12.1 Å². The lowest BCUT2D eigenvalue weighted by atomic mass is 9.50. The summed E-state index contributed by atoms with van der Waals surface area (Å²) in [4.78, 5) is 61.4. The Bertz CT molecular complexity index is 1390. The maximum absolute atomic E-state index is 12.8. The van der Waals surface area contributed by atoms with E-state index in [9.17, 15) is 34.2 Å². The number of likely N-dealkylation sites (tertiary alicyclic amines) is 1. The number of aliphatic carboxylic acids is 2. The van der Waals surface area contributed by atoms with Crippen molar-refractivity contribution >= 4 is 29.8 Å². The summed E-state index contributed by atoms with van der Waals surface area (Å²) < 4.78 is 16.8. The van der Waals surface area contributed by atoms with Gasteiger partial charge >= 0.3 is 23.9 Å². The zero-order chi connectivity index (χ0) is 30.6. The fourth-order valence-corrected chi connectivity index (χ4v) is 6.80. The number of piperidine rings is 1. The molecule has 5 rings (SSSR count). The summed E-state index contributed by atoms with van der Waals surface area (Å²) in [6.45, 7) is 1.83. The molecule has 226 valence electrons. The van der Waals surface area contributed by atoms with Gasteiger partial charge in [0.25, 0.3) is 5.91 Å². The zero-order valence-electron chi connectivity index (χ0n) is 23.0. The predicted octanol–water partition coefficient (Wildman–Crippen LogP) is -0.0309. The zero-order valence-corrected chi connectivity index (χ0v) is 23.0. The molecule has 1 aromatic rings. The Morgan fingerprint density at radius 3 is 2.57 bits per heavy atom. The highest BCUT2D eigenvalue weighted by atomic mass is 16.6. The van der Waals surface area contributed by atoms with Gasteiger partial charge in [-0.15, -0.1) is 0 Å². The Morgan fingerprint density at radius 2 is 1.88 bits per heavy atom. The molecule has 42 heavy (non-hydrogen) atoms. The van der Waals surface area contributed by atoms with Gasteiger partial charge in [-0.1, -0.05) is 6.07 Å². The van der Waals surface area contributed by atoms with Crippen molar-refractivity contribution in [3.8, 4) is 11.5 Å². The molecule has 0 aromatic heterocycles. The highest BCUT2D eigenvalue weighted by Gasteiger charge is 2.72. The van der Waals surface area contributed by atoms with Crippen LogP contribution in [0.1, 0.15) is 50.2 Å². The quantitative estimate of drug-likeness (QED) is 0.228. The molecular formula is C28H32N2O12. The van der Waals surface area contributed by atoms with Gasteiger partial charge in [0.05, 0.1) is 30.3 Å². The topological polar surface area (TPSA) is 209 Å². The number of carboxylic acid groups (broad SMARTS) is 2. The van der Waals surface area contributed by atoms with Crippen molar-refractivity contribution in [3.05, 3.63) is 35.1 Å². The number of aliphatic hydroxyl groups is 1. The van der Waals surface area contributed by atoms with Gasteiger partial charge < -0.3 is 44.9 Å². The average molecular weight is 589 g/mol. The van der Waals surface area contributed by atoms with Gasteiger partial charge in [0.2, 0.25) is 0 Å². The molecule has 1 fully saturated rings. The van der Waals surface area contributed by atoms with Gasteiger partial charge in [0.1, 0.15) is 11.8 Å². The van der Waals surface area contributed by atoms with Crippen LogP contribution in [0.15, 0.2) is 24.0 Å². The second-order valence-corrected chi connectivity index (χ2v) is 11.2. The van der Waals surface area contributed by atoms with Crippen molar-refractivity contribution in [2.24, 2.45) is 0 Å². The van der Waals surface area contributed by atoms with E-state index in [0.717, 1.165) is 11.1 Å². The van der Waals surface area contributed by atoms with E-state index in [0.29, 0.717) is 19.4 Å². The summed E-state index contributed by atoms with van der Waals surface area (Å²) in [6.07, 6.45) is -1.18. The molecule has 2 bridgehead atoms. The van der Waals surface area contributed by atoms with Crippen LogP contribution >= 0.6 is 0 Å². The third-order valence-corrected chi connectivity index (χ3v) is 8.79. The molecule has 1 amide bonds. The Hall–Kier alpha value is -4.17. The van der Waals surface area contributed by atoms with Crippen LogP contribution in [0.25, 0.3) is 0 Å². The number of ether oxygens (including phenoxy) is 3. The molecule has 1 spiro atoms. The van der Waals surface area contributed by atoms with Crippen molar-refractivity contribution in [3.63, 3.8) is 0 Å². The molecule has 1 saturated heterocycles. The van der Waals surface area contributed by atoms with Crippen molar-refractivity contribution in [1.29, 1.82) is 0 Å². The van der Waals surface area contributed by atoms with Crippen LogP contribution in [0.4, 0.5) is 0 Å². The minimum absolute atomic E-state index is 0.0681. The third-order valence-electron chi connectivity index (χ3n) is 8.79. The fourth-order valence-electron chi connectivity index (χ4n) is 6.80. The van der Waals surface area contributed by atoms with Crippen molar-refractivity contribution in [2.75, 3.05) is 13.6 Å². The lowest BCUT2D eigenvalue weighted by molar-refractivity contribution is -0.169. The van der Waals surface area contributed by atoms with Gasteiger partial charge in [0.15, 0.2) is 23.7 Å². The number of carboxylic acids is 2. The van der Waals surface area contributed by atoms with Crippen molar-refractivity contribution in [1.82, 2.24) is 10.2 Å². The molecule has 1 aromatic carbocycles. The number of benzene rings is 1. The second-order valence-electron chi connectivity index (χ2n) is 11.2. The Balaban J connectivity index is 1.23. The SMILES string of the molecule is CC(OC(=O)CCC(=O)OC1=CC[C@@]2(O)[C@H]3Cc4ccc(O)c5c4[C@@]2(CCN3C)[C@H]1O5)C(=O)NC(CC(=O)O)C(=O)O. The van der Waals surface area contributed by atoms with Gasteiger partial charge in [-0.2, -0.15) is 0 Å². The summed E-state index contributed by atoms with van der Waals surface area (Å²) in [7, 11) is 1.95. The minimum Gasteiger partial charge on any atom is -0.504 e. The monoisotopic (exact) mass is 588 g/mol. The van der Waals surface area contributed by atoms with Gasteiger partial charge in [-0.05, 0) is 51.1 Å². The molecule has 4 aliphatic rings. The molecule has 0 radical (unpaired) electrons. The average Bonchev–Trinajstić information content (AvgIpc) is 3.28. The highest BCUT2D eigenvalue weighted by molar-refractivity contribution is 5.90. The summed E-state index contributed by atoms with van der Waals surface area (Å²) >= 11 is 0. The maximum Gasteiger partial charge on any atom is 0.326 e. The van der Waals surface area contributed by atoms with Crippen LogP contribution in [-0.2, 0) is 45.3 Å². The maximum atomic E-state index is 12.8. The second kappa shape index (κ2) is 10.6. The lowest BCUT2D eigenvalue weighted by Crippen LogP contribution is -2.74. The Morgan fingerprint density at radius 1 is 1.17 bits per heavy atom. The molecule has 2 unspecified atom stereocenters. The Kier molecular flexibility index (Phi) is 7.39. The number of aromatic hydroxyl groups is 1. The van der Waals surface area contributed by atoms with Crippen LogP contribution in [0, 0.1) is 0 Å². The van der Waals surface area contributed by atoms with Gasteiger partial charge in [-0.25, -0.2) is 4.79 Å². The van der Waals surface area contributed by atoms with Crippen LogP contribution < -0.4 is 10.1 Å². The molecule has 6 atom stereocenters. The van der Waals surface area contributed by atoms with E-state index < -0.39 is 78.3 Å². The molecule has 14 nitrogen and oxygen atoms in total. The predicted molar refractivity (Wildman–Crippen MR) is 139 cm³/mol. The van der Waals surface area contributed by atoms with Gasteiger partial charge in [0, 0.05) is 18.0 Å². The number of nitrogens with one attached hydrogen (secondary N) is 1. The fraction of sp³-hybridized carbons (Fsp3) is 0.536. The number of amides is 1.